The van der Waals surface area contributed by atoms with Gasteiger partial charge in [0.25, 0.3) is 0 Å². The molecule has 146 valence electrons. The zero-order chi connectivity index (χ0) is 18.9. The molecule has 0 N–H and O–H groups in total. The maximum atomic E-state index is 6.31. The number of fused-ring (bicyclic) bond motifs is 1. The Morgan fingerprint density at radius 3 is 2.39 bits per heavy atom. The van der Waals surface area contributed by atoms with Crippen molar-refractivity contribution in [2.75, 3.05) is 31.1 Å². The second-order valence-corrected chi connectivity index (χ2v) is 8.10. The Kier molecular flexibility index (Phi) is 4.91. The normalized spacial score (nSPS) is 19.4. The third-order valence-electron chi connectivity index (χ3n) is 6.09. The molecule has 2 aromatic heterocycles. The van der Waals surface area contributed by atoms with Crippen LogP contribution in [-0.2, 0) is 0 Å². The van der Waals surface area contributed by atoms with Crippen LogP contribution >= 0.6 is 11.6 Å². The van der Waals surface area contributed by atoms with Gasteiger partial charge in [-0.15, -0.1) is 0 Å². The minimum atomic E-state index is 0.273. The number of para-hydroxylation sites is 1. The van der Waals surface area contributed by atoms with Gasteiger partial charge in [-0.3, -0.25) is 4.90 Å². The SMILES string of the molecule is Clc1nc(N2CCN(C3CCCCC3)CC2)c2cnn(-c3ccccc3)c2n1. The van der Waals surface area contributed by atoms with Crippen molar-refractivity contribution in [2.24, 2.45) is 0 Å². The molecule has 1 aliphatic carbocycles. The van der Waals surface area contributed by atoms with E-state index in [0.29, 0.717) is 0 Å². The molecule has 3 heterocycles. The van der Waals surface area contributed by atoms with Crippen molar-refractivity contribution >= 4 is 28.5 Å². The highest BCUT2D eigenvalue weighted by Gasteiger charge is 2.27. The molecule has 2 fully saturated rings. The van der Waals surface area contributed by atoms with E-state index in [4.69, 9.17) is 11.6 Å². The zero-order valence-electron chi connectivity index (χ0n) is 16.0. The average Bonchev–Trinajstić information content (AvgIpc) is 3.18. The first kappa shape index (κ1) is 17.9. The van der Waals surface area contributed by atoms with Crippen LogP contribution in [0.3, 0.4) is 0 Å². The standard InChI is InChI=1S/C21H25ClN6/c22-21-24-19(27-13-11-26(12-14-27)16-7-3-1-4-8-16)18-15-23-28(20(18)25-21)17-9-5-2-6-10-17/h2,5-6,9-10,15-16H,1,3-4,7-8,11-14H2. The van der Waals surface area contributed by atoms with Gasteiger partial charge in [0.1, 0.15) is 5.82 Å². The fourth-order valence-corrected chi connectivity index (χ4v) is 4.77. The highest BCUT2D eigenvalue weighted by Crippen LogP contribution is 2.29. The van der Waals surface area contributed by atoms with Crippen molar-refractivity contribution in [1.29, 1.82) is 0 Å². The molecule has 0 bridgehead atoms. The highest BCUT2D eigenvalue weighted by molar-refractivity contribution is 6.28. The van der Waals surface area contributed by atoms with Gasteiger partial charge in [-0.2, -0.15) is 15.1 Å². The number of anilines is 1. The van der Waals surface area contributed by atoms with Gasteiger partial charge >= 0.3 is 0 Å². The van der Waals surface area contributed by atoms with Gasteiger partial charge in [0.2, 0.25) is 5.28 Å². The van der Waals surface area contributed by atoms with E-state index >= 15 is 0 Å². The van der Waals surface area contributed by atoms with Gasteiger partial charge in [0.15, 0.2) is 5.65 Å². The summed E-state index contributed by atoms with van der Waals surface area (Å²) in [5.41, 5.74) is 1.73. The van der Waals surface area contributed by atoms with Crippen LogP contribution in [0.4, 0.5) is 5.82 Å². The quantitative estimate of drug-likeness (QED) is 0.628. The van der Waals surface area contributed by atoms with E-state index in [9.17, 15) is 0 Å². The van der Waals surface area contributed by atoms with E-state index < -0.39 is 0 Å². The van der Waals surface area contributed by atoms with Crippen molar-refractivity contribution < 1.29 is 0 Å². The highest BCUT2D eigenvalue weighted by atomic mass is 35.5. The van der Waals surface area contributed by atoms with Gasteiger partial charge in [-0.25, -0.2) is 4.68 Å². The Morgan fingerprint density at radius 2 is 1.64 bits per heavy atom. The number of nitrogens with zero attached hydrogens (tertiary/aromatic N) is 6. The molecule has 3 aromatic rings. The van der Waals surface area contributed by atoms with Crippen LogP contribution in [0.25, 0.3) is 16.7 Å². The number of benzene rings is 1. The molecule has 0 amide bonds. The third kappa shape index (κ3) is 3.35. The van der Waals surface area contributed by atoms with Crippen LogP contribution in [0.1, 0.15) is 32.1 Å². The number of piperazine rings is 1. The molecule has 6 nitrogen and oxygen atoms in total. The van der Waals surface area contributed by atoms with E-state index in [1.54, 1.807) is 0 Å². The fraction of sp³-hybridized carbons (Fsp3) is 0.476. The Balaban J connectivity index is 1.41. The predicted molar refractivity (Wildman–Crippen MR) is 112 cm³/mol. The van der Waals surface area contributed by atoms with E-state index in [1.165, 1.54) is 32.1 Å². The second-order valence-electron chi connectivity index (χ2n) is 7.76. The molecule has 0 atom stereocenters. The molecule has 1 saturated heterocycles. The maximum Gasteiger partial charge on any atom is 0.226 e. The Morgan fingerprint density at radius 1 is 0.893 bits per heavy atom. The van der Waals surface area contributed by atoms with Crippen molar-refractivity contribution in [3.8, 4) is 5.69 Å². The van der Waals surface area contributed by atoms with E-state index in [2.05, 4.69) is 24.9 Å². The summed E-state index contributed by atoms with van der Waals surface area (Å²) in [5, 5.41) is 5.80. The number of aromatic nitrogens is 4. The van der Waals surface area contributed by atoms with Crippen LogP contribution in [0.2, 0.25) is 5.28 Å². The minimum Gasteiger partial charge on any atom is -0.353 e. The summed E-state index contributed by atoms with van der Waals surface area (Å²) in [7, 11) is 0. The lowest BCUT2D eigenvalue weighted by atomic mass is 9.94. The molecular weight excluding hydrogens is 372 g/mol. The molecule has 0 unspecified atom stereocenters. The first-order valence-electron chi connectivity index (χ1n) is 10.3. The predicted octanol–water partition coefficient (Wildman–Crippen LogP) is 3.92. The van der Waals surface area contributed by atoms with Gasteiger partial charge in [0, 0.05) is 32.2 Å². The molecule has 0 spiro atoms. The van der Waals surface area contributed by atoms with Gasteiger partial charge in [0.05, 0.1) is 17.3 Å². The third-order valence-corrected chi connectivity index (χ3v) is 6.26. The van der Waals surface area contributed by atoms with Gasteiger partial charge < -0.3 is 4.90 Å². The fourth-order valence-electron chi connectivity index (χ4n) is 4.61. The summed E-state index contributed by atoms with van der Waals surface area (Å²) >= 11 is 6.31. The van der Waals surface area contributed by atoms with Crippen LogP contribution in [0.5, 0.6) is 0 Å². The van der Waals surface area contributed by atoms with Crippen LogP contribution < -0.4 is 4.90 Å². The molecule has 1 aromatic carbocycles. The molecular formula is C21H25ClN6. The molecule has 7 heteroatoms. The first-order valence-corrected chi connectivity index (χ1v) is 10.6. The van der Waals surface area contributed by atoms with Crippen LogP contribution in [0, 0.1) is 0 Å². The van der Waals surface area contributed by atoms with E-state index in [-0.39, 0.29) is 5.28 Å². The summed E-state index contributed by atoms with van der Waals surface area (Å²) in [4.78, 5) is 14.1. The van der Waals surface area contributed by atoms with Crippen LogP contribution in [0.15, 0.2) is 36.5 Å². The smallest absolute Gasteiger partial charge is 0.226 e. The summed E-state index contributed by atoms with van der Waals surface area (Å²) in [6.45, 7) is 4.10. The molecule has 1 aliphatic heterocycles. The summed E-state index contributed by atoms with van der Waals surface area (Å²) < 4.78 is 1.84. The lowest BCUT2D eigenvalue weighted by Gasteiger charge is -2.41. The second kappa shape index (κ2) is 7.68. The van der Waals surface area contributed by atoms with Crippen LogP contribution in [-0.4, -0.2) is 56.9 Å². The largest absolute Gasteiger partial charge is 0.353 e. The number of halogens is 1. The maximum absolute atomic E-state index is 6.31. The minimum absolute atomic E-state index is 0.273. The number of hydrogen-bond acceptors (Lipinski definition) is 5. The van der Waals surface area contributed by atoms with E-state index in [1.807, 2.05) is 41.2 Å². The molecule has 1 saturated carbocycles. The number of rotatable bonds is 3. The Bertz CT molecular complexity index is 942. The molecule has 5 rings (SSSR count). The Labute approximate surface area is 170 Å². The summed E-state index contributed by atoms with van der Waals surface area (Å²) in [5.74, 6) is 0.903. The van der Waals surface area contributed by atoms with Crippen molar-refractivity contribution in [1.82, 2.24) is 24.6 Å². The average molecular weight is 397 g/mol. The van der Waals surface area contributed by atoms with E-state index in [0.717, 1.165) is 54.8 Å². The van der Waals surface area contributed by atoms with Gasteiger partial charge in [-0.1, -0.05) is 37.5 Å². The van der Waals surface area contributed by atoms with Crippen molar-refractivity contribution in [3.63, 3.8) is 0 Å². The lowest BCUT2D eigenvalue weighted by Crippen LogP contribution is -2.51. The topological polar surface area (TPSA) is 50.1 Å². The number of hydrogen-bond donors (Lipinski definition) is 0. The summed E-state index contributed by atoms with van der Waals surface area (Å²) in [6, 6.07) is 10.8. The summed E-state index contributed by atoms with van der Waals surface area (Å²) in [6.07, 6.45) is 8.74. The first-order chi connectivity index (χ1) is 13.8. The monoisotopic (exact) mass is 396 g/mol. The van der Waals surface area contributed by atoms with Crippen molar-refractivity contribution in [3.05, 3.63) is 41.8 Å². The molecule has 2 aliphatic rings. The van der Waals surface area contributed by atoms with Crippen molar-refractivity contribution in [2.45, 2.75) is 38.1 Å². The lowest BCUT2D eigenvalue weighted by molar-refractivity contribution is 0.148. The molecule has 0 radical (unpaired) electrons. The Hall–Kier alpha value is -2.18. The zero-order valence-corrected chi connectivity index (χ0v) is 16.7. The molecule has 28 heavy (non-hydrogen) atoms. The van der Waals surface area contributed by atoms with Gasteiger partial charge in [-0.05, 0) is 36.6 Å².